The van der Waals surface area contributed by atoms with Crippen LogP contribution in [0.15, 0.2) is 30.8 Å². The molecule has 3 amide bonds. The molecule has 10 heteroatoms. The Bertz CT molecular complexity index is 941. The van der Waals surface area contributed by atoms with Gasteiger partial charge in [0, 0.05) is 11.8 Å². The van der Waals surface area contributed by atoms with Gasteiger partial charge < -0.3 is 25.0 Å². The van der Waals surface area contributed by atoms with Gasteiger partial charge in [0.05, 0.1) is 7.11 Å². The molecule has 0 aromatic heterocycles. The molecular formula is C25H35N3O6S. The zero-order valence-electron chi connectivity index (χ0n) is 20.7. The van der Waals surface area contributed by atoms with Gasteiger partial charge in [-0.15, -0.1) is 0 Å². The highest BCUT2D eigenvalue weighted by atomic mass is 32.1. The van der Waals surface area contributed by atoms with Crippen molar-refractivity contribution in [3.8, 4) is 0 Å². The molecule has 1 saturated carbocycles. The average molecular weight is 506 g/mol. The number of carbonyl (C=O) groups is 4. The number of hydrogen-bond donors (Lipinski definition) is 3. The minimum Gasteiger partial charge on any atom is -0.468 e. The highest BCUT2D eigenvalue weighted by molar-refractivity contribution is 7.80. The van der Waals surface area contributed by atoms with Crippen molar-refractivity contribution < 1.29 is 28.7 Å². The topological polar surface area (TPSA) is 114 Å². The monoisotopic (exact) mass is 505 g/mol. The number of thiol groups is 1. The van der Waals surface area contributed by atoms with Gasteiger partial charge in [0.1, 0.15) is 24.2 Å². The highest BCUT2D eigenvalue weighted by Crippen LogP contribution is 2.34. The number of rotatable bonds is 10. The van der Waals surface area contributed by atoms with E-state index in [9.17, 15) is 19.2 Å². The van der Waals surface area contributed by atoms with Crippen LogP contribution in [0, 0.1) is 0 Å². The standard InChI is InChI=1S/C25H35N3O6S/c1-6-16-9-7-10-17(13-16)21(22(30)26-14-20(29)33-5)28(18-11-8-12-18)23(31)19(15-35)27-24(32)34-25(2,3)4/h6-7,9-10,13,18-19,21,35H,1,8,11-12,14-15H2,2-5H3,(H,26,30)(H,27,32). The molecule has 0 spiro atoms. The number of ether oxygens (including phenoxy) is 2. The maximum atomic E-state index is 13.8. The second kappa shape index (κ2) is 12.6. The Labute approximate surface area is 212 Å². The van der Waals surface area contributed by atoms with Crippen molar-refractivity contribution in [1.82, 2.24) is 15.5 Å². The molecule has 0 saturated heterocycles. The molecule has 0 radical (unpaired) electrons. The second-order valence-corrected chi connectivity index (χ2v) is 9.65. The van der Waals surface area contributed by atoms with Gasteiger partial charge in [-0.25, -0.2) is 4.79 Å². The van der Waals surface area contributed by atoms with Crippen molar-refractivity contribution in [1.29, 1.82) is 0 Å². The van der Waals surface area contributed by atoms with E-state index in [1.54, 1.807) is 45.0 Å². The number of amides is 3. The third-order valence-electron chi connectivity index (χ3n) is 5.52. The molecule has 2 unspecified atom stereocenters. The predicted molar refractivity (Wildman–Crippen MR) is 136 cm³/mol. The molecule has 1 aromatic carbocycles. The Morgan fingerprint density at radius 3 is 2.46 bits per heavy atom. The number of hydrogen-bond acceptors (Lipinski definition) is 7. The summed E-state index contributed by atoms with van der Waals surface area (Å²) in [6, 6.07) is 4.83. The van der Waals surface area contributed by atoms with Crippen LogP contribution in [0.5, 0.6) is 0 Å². The number of nitrogens with one attached hydrogen (secondary N) is 2. The first-order chi connectivity index (χ1) is 16.5. The van der Waals surface area contributed by atoms with Crippen molar-refractivity contribution in [2.45, 2.75) is 63.8 Å². The fourth-order valence-electron chi connectivity index (χ4n) is 3.62. The SMILES string of the molecule is C=Cc1cccc(C(C(=O)NCC(=O)OC)N(C(=O)C(CS)NC(=O)OC(C)(C)C)C2CCC2)c1. The number of carbonyl (C=O) groups excluding carboxylic acids is 4. The molecule has 9 nitrogen and oxygen atoms in total. The van der Waals surface area contributed by atoms with Crippen LogP contribution >= 0.6 is 12.6 Å². The first-order valence-electron chi connectivity index (χ1n) is 11.5. The molecule has 35 heavy (non-hydrogen) atoms. The number of alkyl carbamates (subject to hydrolysis) is 1. The van der Waals surface area contributed by atoms with Crippen LogP contribution in [0.25, 0.3) is 6.08 Å². The van der Waals surface area contributed by atoms with E-state index >= 15 is 0 Å². The zero-order valence-corrected chi connectivity index (χ0v) is 21.6. The predicted octanol–water partition coefficient (Wildman–Crippen LogP) is 2.86. The van der Waals surface area contributed by atoms with Crippen molar-refractivity contribution >= 4 is 42.6 Å². The number of benzene rings is 1. The lowest BCUT2D eigenvalue weighted by atomic mass is 9.88. The molecule has 192 valence electrons. The van der Waals surface area contributed by atoms with Crippen LogP contribution in [0.4, 0.5) is 4.79 Å². The third kappa shape index (κ3) is 8.02. The van der Waals surface area contributed by atoms with Gasteiger partial charge >= 0.3 is 12.1 Å². The molecule has 0 aliphatic heterocycles. The van der Waals surface area contributed by atoms with Gasteiger partial charge in [-0.05, 0) is 57.2 Å². The Morgan fingerprint density at radius 2 is 1.94 bits per heavy atom. The summed E-state index contributed by atoms with van der Waals surface area (Å²) >= 11 is 4.28. The number of esters is 1. The largest absolute Gasteiger partial charge is 0.468 e. The Hall–Kier alpha value is -3.01. The van der Waals surface area contributed by atoms with E-state index in [2.05, 4.69) is 34.6 Å². The van der Waals surface area contributed by atoms with Crippen molar-refractivity contribution in [3.63, 3.8) is 0 Å². The van der Waals surface area contributed by atoms with Gasteiger partial charge in [-0.3, -0.25) is 14.4 Å². The second-order valence-electron chi connectivity index (χ2n) is 9.28. The third-order valence-corrected chi connectivity index (χ3v) is 5.88. The summed E-state index contributed by atoms with van der Waals surface area (Å²) in [4.78, 5) is 52.8. The van der Waals surface area contributed by atoms with Gasteiger partial charge in [0.2, 0.25) is 11.8 Å². The minimum atomic E-state index is -1.04. The lowest BCUT2D eigenvalue weighted by Gasteiger charge is -2.43. The fraction of sp³-hybridized carbons (Fsp3) is 0.520. The summed E-state index contributed by atoms with van der Waals surface area (Å²) in [5.74, 6) is -1.60. The van der Waals surface area contributed by atoms with E-state index in [1.165, 1.54) is 12.0 Å². The summed E-state index contributed by atoms with van der Waals surface area (Å²) in [5, 5.41) is 5.16. The number of methoxy groups -OCH3 is 1. The normalized spacial score (nSPS) is 15.1. The first-order valence-corrected chi connectivity index (χ1v) is 12.1. The smallest absolute Gasteiger partial charge is 0.408 e. The Kier molecular flexibility index (Phi) is 10.2. The fourth-order valence-corrected chi connectivity index (χ4v) is 3.87. The lowest BCUT2D eigenvalue weighted by molar-refractivity contribution is -0.148. The molecule has 2 atom stereocenters. The maximum Gasteiger partial charge on any atom is 0.408 e. The van der Waals surface area contributed by atoms with Gasteiger partial charge in [0.25, 0.3) is 0 Å². The zero-order chi connectivity index (χ0) is 26.2. The molecule has 1 fully saturated rings. The lowest BCUT2D eigenvalue weighted by Crippen LogP contribution is -2.58. The van der Waals surface area contributed by atoms with Crippen LogP contribution in [0.3, 0.4) is 0 Å². The molecule has 2 rings (SSSR count). The van der Waals surface area contributed by atoms with Crippen molar-refractivity contribution in [2.24, 2.45) is 0 Å². The van der Waals surface area contributed by atoms with E-state index in [0.717, 1.165) is 12.0 Å². The molecule has 1 aromatic rings. The summed E-state index contributed by atoms with van der Waals surface area (Å²) in [7, 11) is 1.23. The quantitative estimate of drug-likeness (QED) is 0.333. The van der Waals surface area contributed by atoms with Crippen LogP contribution in [-0.4, -0.2) is 65.9 Å². The summed E-state index contributed by atoms with van der Waals surface area (Å²) in [6.07, 6.45) is 3.21. The van der Waals surface area contributed by atoms with Crippen LogP contribution in [0.1, 0.15) is 57.2 Å². The first kappa shape index (κ1) is 28.2. The Morgan fingerprint density at radius 1 is 1.26 bits per heavy atom. The maximum absolute atomic E-state index is 13.8. The Balaban J connectivity index is 2.44. The minimum absolute atomic E-state index is 0.00446. The van der Waals surface area contributed by atoms with Gasteiger partial charge in [-0.2, -0.15) is 12.6 Å². The van der Waals surface area contributed by atoms with E-state index < -0.39 is 41.6 Å². The van der Waals surface area contributed by atoms with E-state index in [4.69, 9.17) is 4.74 Å². The summed E-state index contributed by atoms with van der Waals surface area (Å²) < 4.78 is 9.93. The molecule has 0 bridgehead atoms. The van der Waals surface area contributed by atoms with Gasteiger partial charge in [-0.1, -0.05) is 30.9 Å². The van der Waals surface area contributed by atoms with E-state index in [-0.39, 0.29) is 18.3 Å². The number of nitrogens with zero attached hydrogens (tertiary/aromatic N) is 1. The molecule has 0 heterocycles. The molecule has 1 aliphatic rings. The van der Waals surface area contributed by atoms with E-state index in [1.807, 2.05) is 6.07 Å². The summed E-state index contributed by atoms with van der Waals surface area (Å²) in [5.41, 5.74) is 0.579. The molecule has 2 N–H and O–H groups in total. The van der Waals surface area contributed by atoms with Crippen LogP contribution < -0.4 is 10.6 Å². The van der Waals surface area contributed by atoms with Crippen molar-refractivity contribution in [2.75, 3.05) is 19.4 Å². The van der Waals surface area contributed by atoms with Crippen molar-refractivity contribution in [3.05, 3.63) is 42.0 Å². The van der Waals surface area contributed by atoms with Crippen LogP contribution in [-0.2, 0) is 23.9 Å². The van der Waals surface area contributed by atoms with Crippen LogP contribution in [0.2, 0.25) is 0 Å². The summed E-state index contributed by atoms with van der Waals surface area (Å²) in [6.45, 7) is 8.60. The molecular weight excluding hydrogens is 470 g/mol. The van der Waals surface area contributed by atoms with Gasteiger partial charge in [0.15, 0.2) is 0 Å². The van der Waals surface area contributed by atoms with E-state index in [0.29, 0.717) is 18.4 Å². The average Bonchev–Trinajstić information content (AvgIpc) is 2.77. The highest BCUT2D eigenvalue weighted by Gasteiger charge is 2.41. The molecule has 1 aliphatic carbocycles.